The van der Waals surface area contributed by atoms with Gasteiger partial charge in [0.2, 0.25) is 0 Å². The number of hydrogen-bond acceptors (Lipinski definition) is 5. The SMILES string of the molecule is Cc1cc([N]c2ccccc2)c(-c2ccc(-c3ccc(-c4cc(Nc5ccccc5)c(C)cc4Nc4ccccc4)s3)s2)cc1Nc1ccccc1. The summed E-state index contributed by atoms with van der Waals surface area (Å²) in [6.45, 7) is 4.29. The van der Waals surface area contributed by atoms with Crippen LogP contribution in [-0.2, 0) is 0 Å². The van der Waals surface area contributed by atoms with Crippen LogP contribution in [0.3, 0.4) is 0 Å². The summed E-state index contributed by atoms with van der Waals surface area (Å²) < 4.78 is 0. The van der Waals surface area contributed by atoms with Crippen LogP contribution in [0.15, 0.2) is 170 Å². The van der Waals surface area contributed by atoms with E-state index < -0.39 is 0 Å². The number of nitrogens with one attached hydrogen (secondary N) is 3. The van der Waals surface area contributed by atoms with E-state index in [1.165, 1.54) is 25.1 Å². The summed E-state index contributed by atoms with van der Waals surface area (Å²) in [5.74, 6) is 0. The molecule has 0 spiro atoms. The first-order valence-electron chi connectivity index (χ1n) is 17.3. The highest BCUT2D eigenvalue weighted by molar-refractivity contribution is 7.25. The van der Waals surface area contributed by atoms with Crippen LogP contribution in [0.1, 0.15) is 11.1 Å². The third kappa shape index (κ3) is 7.49. The maximum Gasteiger partial charge on any atom is 0.0727 e. The Balaban J connectivity index is 1.15. The van der Waals surface area contributed by atoms with Gasteiger partial charge in [-0.3, -0.25) is 0 Å². The summed E-state index contributed by atoms with van der Waals surface area (Å²) in [6, 6.07) is 59.2. The summed E-state index contributed by atoms with van der Waals surface area (Å²) in [6.07, 6.45) is 0. The molecule has 2 aromatic heterocycles. The topological polar surface area (TPSA) is 50.2 Å². The molecule has 0 atom stereocenters. The van der Waals surface area contributed by atoms with Crippen molar-refractivity contribution in [1.82, 2.24) is 5.32 Å². The van der Waals surface area contributed by atoms with Gasteiger partial charge in [-0.2, -0.15) is 0 Å². The second-order valence-electron chi connectivity index (χ2n) is 12.6. The minimum absolute atomic E-state index is 0.936. The lowest BCUT2D eigenvalue weighted by Crippen LogP contribution is -1.98. The van der Waals surface area contributed by atoms with Crippen LogP contribution >= 0.6 is 22.7 Å². The van der Waals surface area contributed by atoms with Gasteiger partial charge < -0.3 is 16.0 Å². The Hall–Kier alpha value is -6.08. The molecular weight excluding hydrogens is 673 g/mol. The minimum atomic E-state index is 0.936. The number of benzene rings is 6. The Morgan fingerprint density at radius 1 is 0.385 bits per heavy atom. The van der Waals surface area contributed by atoms with E-state index in [1.54, 1.807) is 11.3 Å². The molecule has 1 radical (unpaired) electrons. The molecule has 0 saturated carbocycles. The number of rotatable bonds is 11. The Morgan fingerprint density at radius 3 is 1.31 bits per heavy atom. The van der Waals surface area contributed by atoms with Crippen LogP contribution in [0.4, 0.5) is 45.5 Å². The van der Waals surface area contributed by atoms with E-state index in [2.05, 4.69) is 163 Å². The normalized spacial score (nSPS) is 10.9. The molecule has 0 aliphatic rings. The molecule has 3 N–H and O–H groups in total. The van der Waals surface area contributed by atoms with Crippen LogP contribution in [0, 0.1) is 13.8 Å². The molecular formula is C46H37N4S2. The molecule has 0 fully saturated rings. The first-order valence-corrected chi connectivity index (χ1v) is 18.9. The fourth-order valence-electron chi connectivity index (χ4n) is 6.17. The molecule has 0 saturated heterocycles. The average molecular weight is 710 g/mol. The molecule has 6 heteroatoms. The van der Waals surface area contributed by atoms with Crippen molar-refractivity contribution < 1.29 is 0 Å². The Morgan fingerprint density at radius 2 is 0.788 bits per heavy atom. The van der Waals surface area contributed by atoms with Crippen LogP contribution < -0.4 is 21.3 Å². The van der Waals surface area contributed by atoms with E-state index in [9.17, 15) is 0 Å². The summed E-state index contributed by atoms with van der Waals surface area (Å²) in [5.41, 5.74) is 12.9. The number of nitrogens with zero attached hydrogens (tertiary/aromatic N) is 1. The van der Waals surface area contributed by atoms with Gasteiger partial charge >= 0.3 is 0 Å². The van der Waals surface area contributed by atoms with Crippen molar-refractivity contribution in [3.05, 3.63) is 181 Å². The standard InChI is InChI=1S/C46H37N4S2/c1-31-27-41(49-35-19-11-5-12-20-35)37(29-39(31)47-33-15-7-3-8-16-33)43-23-25-45(51-43)46-26-24-44(52-46)38-30-40(48-34-17-9-4-10-18-34)32(2)28-42(38)50-36-21-13-6-14-22-36/h3-30,47-49H,1-2H3. The zero-order chi connectivity index (χ0) is 35.3. The van der Waals surface area contributed by atoms with E-state index >= 15 is 0 Å². The highest BCUT2D eigenvalue weighted by atomic mass is 32.1. The van der Waals surface area contributed by atoms with E-state index in [1.807, 2.05) is 47.7 Å². The summed E-state index contributed by atoms with van der Waals surface area (Å²) in [4.78, 5) is 4.82. The van der Waals surface area contributed by atoms with Crippen molar-refractivity contribution in [3.8, 4) is 30.6 Å². The highest BCUT2D eigenvalue weighted by Crippen LogP contribution is 2.46. The number of anilines is 6. The Kier molecular flexibility index (Phi) is 9.57. The van der Waals surface area contributed by atoms with Crippen LogP contribution in [0.5, 0.6) is 0 Å². The predicted octanol–water partition coefficient (Wildman–Crippen LogP) is 14.2. The fourth-order valence-corrected chi connectivity index (χ4v) is 8.33. The molecule has 0 aliphatic carbocycles. The molecule has 0 amide bonds. The number of thiophene rings is 2. The van der Waals surface area contributed by atoms with Gasteiger partial charge in [0.15, 0.2) is 0 Å². The molecule has 4 nitrogen and oxygen atoms in total. The van der Waals surface area contributed by atoms with Gasteiger partial charge in [-0.05, 0) is 122 Å². The fraction of sp³-hybridized carbons (Fsp3) is 0.0435. The molecule has 0 bridgehead atoms. The zero-order valence-corrected chi connectivity index (χ0v) is 30.6. The smallest absolute Gasteiger partial charge is 0.0727 e. The van der Waals surface area contributed by atoms with Crippen LogP contribution in [0.2, 0.25) is 0 Å². The van der Waals surface area contributed by atoms with Crippen LogP contribution in [0.25, 0.3) is 30.6 Å². The number of aryl methyl sites for hydroxylation is 2. The van der Waals surface area contributed by atoms with Crippen molar-refractivity contribution in [2.45, 2.75) is 13.8 Å². The van der Waals surface area contributed by atoms with Crippen molar-refractivity contribution in [2.75, 3.05) is 16.0 Å². The number of para-hydroxylation sites is 4. The lowest BCUT2D eigenvalue weighted by atomic mass is 10.0. The highest BCUT2D eigenvalue weighted by Gasteiger charge is 2.17. The monoisotopic (exact) mass is 709 g/mol. The summed E-state index contributed by atoms with van der Waals surface area (Å²) in [7, 11) is 0. The molecule has 6 aromatic carbocycles. The van der Waals surface area contributed by atoms with Gasteiger partial charge in [-0.1, -0.05) is 72.8 Å². The second-order valence-corrected chi connectivity index (χ2v) is 14.8. The van der Waals surface area contributed by atoms with Gasteiger partial charge in [0.05, 0.1) is 11.4 Å². The van der Waals surface area contributed by atoms with Gasteiger partial charge in [-0.25, -0.2) is 5.32 Å². The molecule has 8 rings (SSSR count). The molecule has 8 aromatic rings. The third-order valence-electron chi connectivity index (χ3n) is 8.86. The first kappa shape index (κ1) is 33.1. The first-order chi connectivity index (χ1) is 25.6. The maximum atomic E-state index is 5.11. The van der Waals surface area contributed by atoms with Gasteiger partial charge in [0.25, 0.3) is 0 Å². The molecule has 253 valence electrons. The zero-order valence-electron chi connectivity index (χ0n) is 28.9. The van der Waals surface area contributed by atoms with Gasteiger partial charge in [-0.15, -0.1) is 22.7 Å². The maximum absolute atomic E-state index is 5.11. The summed E-state index contributed by atoms with van der Waals surface area (Å²) in [5, 5.41) is 16.1. The van der Waals surface area contributed by atoms with Crippen molar-refractivity contribution >= 4 is 68.2 Å². The summed E-state index contributed by atoms with van der Waals surface area (Å²) >= 11 is 3.62. The van der Waals surface area contributed by atoms with E-state index in [0.717, 1.165) is 62.2 Å². The molecule has 0 unspecified atom stereocenters. The Labute approximate surface area is 313 Å². The van der Waals surface area contributed by atoms with Gasteiger partial charge in [0, 0.05) is 64.8 Å². The van der Waals surface area contributed by atoms with Crippen molar-refractivity contribution in [2.24, 2.45) is 0 Å². The van der Waals surface area contributed by atoms with Crippen molar-refractivity contribution in [1.29, 1.82) is 0 Å². The molecule has 2 heterocycles. The lowest BCUT2D eigenvalue weighted by Gasteiger charge is -2.17. The second kappa shape index (κ2) is 15.0. The van der Waals surface area contributed by atoms with E-state index in [4.69, 9.17) is 5.32 Å². The van der Waals surface area contributed by atoms with Crippen LogP contribution in [-0.4, -0.2) is 0 Å². The Bertz CT molecular complexity index is 2250. The molecule has 0 aliphatic heterocycles. The van der Waals surface area contributed by atoms with E-state index in [0.29, 0.717) is 0 Å². The van der Waals surface area contributed by atoms with Crippen molar-refractivity contribution in [3.63, 3.8) is 0 Å². The lowest BCUT2D eigenvalue weighted by molar-refractivity contribution is 1.18. The minimum Gasteiger partial charge on any atom is -0.355 e. The third-order valence-corrected chi connectivity index (χ3v) is 11.3. The predicted molar refractivity (Wildman–Crippen MR) is 225 cm³/mol. The van der Waals surface area contributed by atoms with E-state index in [-0.39, 0.29) is 0 Å². The number of hydrogen-bond donors (Lipinski definition) is 3. The molecule has 52 heavy (non-hydrogen) atoms. The quantitative estimate of drug-likeness (QED) is 0.125. The average Bonchev–Trinajstić information content (AvgIpc) is 3.87. The van der Waals surface area contributed by atoms with Gasteiger partial charge in [0.1, 0.15) is 0 Å². The largest absolute Gasteiger partial charge is 0.355 e.